The minimum atomic E-state index is -0.959. The summed E-state index contributed by atoms with van der Waals surface area (Å²) < 4.78 is 5.93. The summed E-state index contributed by atoms with van der Waals surface area (Å²) in [5, 5.41) is 9.35. The molecule has 1 N–H and O–H groups in total. The first-order valence-corrected chi connectivity index (χ1v) is 9.48. The normalized spacial score (nSPS) is 33.2. The van der Waals surface area contributed by atoms with Crippen molar-refractivity contribution in [1.29, 1.82) is 0 Å². The van der Waals surface area contributed by atoms with Crippen molar-refractivity contribution in [2.24, 2.45) is 23.2 Å². The molecule has 0 amide bonds. The molecule has 0 saturated heterocycles. The van der Waals surface area contributed by atoms with Gasteiger partial charge in [0.15, 0.2) is 0 Å². The highest BCUT2D eigenvalue weighted by atomic mass is 16.5. The molecule has 2 rings (SSSR count). The smallest absolute Gasteiger partial charge is 0.331 e. The second-order valence-corrected chi connectivity index (χ2v) is 8.26. The molecule has 0 aromatic carbocycles. The van der Waals surface area contributed by atoms with Crippen LogP contribution >= 0.6 is 0 Å². The summed E-state index contributed by atoms with van der Waals surface area (Å²) in [6.07, 6.45) is 5.41. The summed E-state index contributed by atoms with van der Waals surface area (Å²) in [5.41, 5.74) is 1.25. The van der Waals surface area contributed by atoms with E-state index in [-0.39, 0.29) is 34.9 Å². The fourth-order valence-electron chi connectivity index (χ4n) is 4.52. The predicted molar refractivity (Wildman–Crippen MR) is 98.0 cm³/mol. The van der Waals surface area contributed by atoms with Crippen LogP contribution in [0.3, 0.4) is 0 Å². The Labute approximate surface area is 151 Å². The molecule has 2 saturated carbocycles. The van der Waals surface area contributed by atoms with Crippen molar-refractivity contribution in [3.05, 3.63) is 24.3 Å². The lowest BCUT2D eigenvalue weighted by Gasteiger charge is -2.52. The third kappa shape index (κ3) is 4.16. The van der Waals surface area contributed by atoms with E-state index in [4.69, 9.17) is 4.74 Å². The van der Waals surface area contributed by atoms with Crippen molar-refractivity contribution in [3.8, 4) is 0 Å². The van der Waals surface area contributed by atoms with Crippen molar-refractivity contribution in [3.63, 3.8) is 0 Å². The third-order valence-electron chi connectivity index (χ3n) is 6.51. The van der Waals surface area contributed by atoms with Crippen molar-refractivity contribution in [2.75, 3.05) is 0 Å². The first-order chi connectivity index (χ1) is 11.7. The van der Waals surface area contributed by atoms with Gasteiger partial charge in [-0.15, -0.1) is 0 Å². The van der Waals surface area contributed by atoms with Crippen LogP contribution in [0.2, 0.25) is 0 Å². The number of fused-ring (bicyclic) bond motifs is 1. The van der Waals surface area contributed by atoms with Crippen molar-refractivity contribution in [1.82, 2.24) is 0 Å². The molecular weight excluding hydrogens is 316 g/mol. The van der Waals surface area contributed by atoms with E-state index >= 15 is 0 Å². The van der Waals surface area contributed by atoms with E-state index in [0.717, 1.165) is 32.1 Å². The number of carbonyl (C=O) groups excluding carboxylic acids is 1. The molecule has 0 aromatic rings. The minimum Gasteiger partial charge on any atom is -0.478 e. The quantitative estimate of drug-likeness (QED) is 0.427. The standard InChI is InChI=1S/C21H32O4/c1-6-13(2)10-19(22)25-18-12-16(15(4)20(23)24)11-17-14(3)8-7-9-21(17,18)5/h13,16-18H,3-4,6-12H2,1-2,5H3,(H,23,24)/t13-,16+,17-,18+,21+/m1/s1. The summed E-state index contributed by atoms with van der Waals surface area (Å²) in [4.78, 5) is 23.8. The number of hydrogen-bond acceptors (Lipinski definition) is 3. The van der Waals surface area contributed by atoms with Gasteiger partial charge in [-0.05, 0) is 49.9 Å². The van der Waals surface area contributed by atoms with Gasteiger partial charge < -0.3 is 9.84 Å². The Morgan fingerprint density at radius 2 is 2.08 bits per heavy atom. The second-order valence-electron chi connectivity index (χ2n) is 8.26. The van der Waals surface area contributed by atoms with Crippen LogP contribution in [-0.4, -0.2) is 23.1 Å². The maximum absolute atomic E-state index is 12.4. The van der Waals surface area contributed by atoms with E-state index < -0.39 is 5.97 Å². The molecule has 0 heterocycles. The average Bonchev–Trinajstić information content (AvgIpc) is 2.54. The fraction of sp³-hybridized carbons (Fsp3) is 0.714. The number of esters is 1. The van der Waals surface area contributed by atoms with Crippen LogP contribution in [0.4, 0.5) is 0 Å². The molecule has 2 aliphatic carbocycles. The van der Waals surface area contributed by atoms with Gasteiger partial charge in [-0.1, -0.05) is 45.9 Å². The number of hydrogen-bond donors (Lipinski definition) is 1. The van der Waals surface area contributed by atoms with E-state index in [1.807, 2.05) is 6.92 Å². The van der Waals surface area contributed by atoms with Gasteiger partial charge in [-0.3, -0.25) is 4.79 Å². The highest BCUT2D eigenvalue weighted by Crippen LogP contribution is 2.55. The van der Waals surface area contributed by atoms with Gasteiger partial charge in [0.2, 0.25) is 0 Å². The van der Waals surface area contributed by atoms with Crippen molar-refractivity contribution >= 4 is 11.9 Å². The molecule has 2 aliphatic rings. The number of allylic oxidation sites excluding steroid dienone is 1. The molecule has 0 radical (unpaired) electrons. The largest absolute Gasteiger partial charge is 0.478 e. The van der Waals surface area contributed by atoms with E-state index in [1.165, 1.54) is 5.57 Å². The molecule has 0 spiro atoms. The summed E-state index contributed by atoms with van der Waals surface area (Å²) in [6.45, 7) is 14.3. The van der Waals surface area contributed by atoms with Crippen LogP contribution in [0.25, 0.3) is 0 Å². The summed E-state index contributed by atoms with van der Waals surface area (Å²) in [7, 11) is 0. The second kappa shape index (κ2) is 7.76. The Kier molecular flexibility index (Phi) is 6.12. The summed E-state index contributed by atoms with van der Waals surface area (Å²) in [5.74, 6) is -0.799. The predicted octanol–water partition coefficient (Wildman–Crippen LogP) is 4.75. The van der Waals surface area contributed by atoms with Gasteiger partial charge in [-0.2, -0.15) is 0 Å². The van der Waals surface area contributed by atoms with Gasteiger partial charge >= 0.3 is 11.9 Å². The number of aliphatic carboxylic acids is 1. The van der Waals surface area contributed by atoms with Crippen molar-refractivity contribution in [2.45, 2.75) is 71.8 Å². The molecule has 140 valence electrons. The number of rotatable bonds is 6. The Hall–Kier alpha value is -1.58. The van der Waals surface area contributed by atoms with Crippen molar-refractivity contribution < 1.29 is 19.4 Å². The molecule has 4 heteroatoms. The van der Waals surface area contributed by atoms with E-state index in [1.54, 1.807) is 0 Å². The Bertz CT molecular complexity index is 564. The molecule has 0 aliphatic heterocycles. The first kappa shape index (κ1) is 19.7. The third-order valence-corrected chi connectivity index (χ3v) is 6.51. The molecule has 25 heavy (non-hydrogen) atoms. The number of ether oxygens (including phenoxy) is 1. The SMILES string of the molecule is C=C(C(=O)O)[C@@H]1C[C@H](OC(=O)C[C@H](C)CC)[C@@]2(C)CCCC(=C)[C@H]2C1. The van der Waals surface area contributed by atoms with Gasteiger partial charge in [-0.25, -0.2) is 4.79 Å². The van der Waals surface area contributed by atoms with Crippen LogP contribution < -0.4 is 0 Å². The van der Waals surface area contributed by atoms with Crippen LogP contribution in [0.1, 0.15) is 65.7 Å². The maximum Gasteiger partial charge on any atom is 0.331 e. The highest BCUT2D eigenvalue weighted by molar-refractivity contribution is 5.86. The first-order valence-electron chi connectivity index (χ1n) is 9.48. The molecule has 0 unspecified atom stereocenters. The number of carboxylic acids is 1. The average molecular weight is 348 g/mol. The molecule has 0 bridgehead atoms. The minimum absolute atomic E-state index is 0.143. The zero-order valence-corrected chi connectivity index (χ0v) is 15.8. The lowest BCUT2D eigenvalue weighted by Crippen LogP contribution is -2.50. The Balaban J connectivity index is 2.23. The highest BCUT2D eigenvalue weighted by Gasteiger charge is 2.51. The summed E-state index contributed by atoms with van der Waals surface area (Å²) in [6, 6.07) is 0. The molecule has 0 aromatic heterocycles. The van der Waals surface area contributed by atoms with Gasteiger partial charge in [0.25, 0.3) is 0 Å². The van der Waals surface area contributed by atoms with Gasteiger partial charge in [0.1, 0.15) is 6.10 Å². The van der Waals surface area contributed by atoms with E-state index in [0.29, 0.717) is 18.8 Å². The number of carboxylic acid groups (broad SMARTS) is 1. The van der Waals surface area contributed by atoms with Crippen LogP contribution in [0.15, 0.2) is 24.3 Å². The fourth-order valence-corrected chi connectivity index (χ4v) is 4.52. The Morgan fingerprint density at radius 3 is 2.68 bits per heavy atom. The Morgan fingerprint density at radius 1 is 1.40 bits per heavy atom. The molecule has 4 nitrogen and oxygen atoms in total. The monoisotopic (exact) mass is 348 g/mol. The van der Waals surface area contributed by atoms with Gasteiger partial charge in [0, 0.05) is 17.4 Å². The zero-order valence-electron chi connectivity index (χ0n) is 15.8. The summed E-state index contributed by atoms with van der Waals surface area (Å²) >= 11 is 0. The zero-order chi connectivity index (χ0) is 18.8. The van der Waals surface area contributed by atoms with E-state index in [2.05, 4.69) is 27.0 Å². The number of carbonyl (C=O) groups is 2. The van der Waals surface area contributed by atoms with Crippen LogP contribution in [0.5, 0.6) is 0 Å². The molecular formula is C21H32O4. The molecule has 5 atom stereocenters. The lowest BCUT2D eigenvalue weighted by molar-refractivity contribution is -0.166. The van der Waals surface area contributed by atoms with Gasteiger partial charge in [0.05, 0.1) is 0 Å². The lowest BCUT2D eigenvalue weighted by atomic mass is 9.55. The van der Waals surface area contributed by atoms with Crippen LogP contribution in [0, 0.1) is 23.2 Å². The van der Waals surface area contributed by atoms with E-state index in [9.17, 15) is 14.7 Å². The van der Waals surface area contributed by atoms with Crippen LogP contribution in [-0.2, 0) is 14.3 Å². The maximum atomic E-state index is 12.4. The molecule has 2 fully saturated rings. The topological polar surface area (TPSA) is 63.6 Å².